The highest BCUT2D eigenvalue weighted by atomic mass is 15.2. The van der Waals surface area contributed by atoms with E-state index in [1.54, 1.807) is 0 Å². The second-order valence-electron chi connectivity index (χ2n) is 6.90. The van der Waals surface area contributed by atoms with Crippen molar-refractivity contribution < 1.29 is 0 Å². The quantitative estimate of drug-likeness (QED) is 0.717. The van der Waals surface area contributed by atoms with Crippen LogP contribution < -0.4 is 5.32 Å². The number of rotatable bonds is 7. The molecule has 0 aromatic heterocycles. The van der Waals surface area contributed by atoms with Gasteiger partial charge >= 0.3 is 0 Å². The average molecular weight is 269 g/mol. The molecule has 1 aliphatic rings. The van der Waals surface area contributed by atoms with Crippen molar-refractivity contribution >= 4 is 0 Å². The lowest BCUT2D eigenvalue weighted by atomic mass is 9.93. The minimum atomic E-state index is 0.321. The number of hydrogen-bond donors (Lipinski definition) is 1. The predicted octanol–water partition coefficient (Wildman–Crippen LogP) is 2.57. The standard InChI is InChI=1S/C16H35N3/c1-7-16(5)13-19(15(4)12-17-16)11-9-8-10-18(6)14(2)3/h14-15,17H,7-13H2,1-6H3. The van der Waals surface area contributed by atoms with E-state index in [2.05, 4.69) is 56.8 Å². The molecule has 1 fully saturated rings. The van der Waals surface area contributed by atoms with Crippen molar-refractivity contribution in [2.45, 2.75) is 71.5 Å². The van der Waals surface area contributed by atoms with Gasteiger partial charge in [0.1, 0.15) is 0 Å². The monoisotopic (exact) mass is 269 g/mol. The molecule has 2 atom stereocenters. The molecule has 0 aromatic rings. The van der Waals surface area contributed by atoms with Gasteiger partial charge in [-0.1, -0.05) is 6.92 Å². The first-order valence-corrected chi connectivity index (χ1v) is 8.07. The number of nitrogens with zero attached hydrogens (tertiary/aromatic N) is 2. The van der Waals surface area contributed by atoms with E-state index in [1.165, 1.54) is 38.9 Å². The highest BCUT2D eigenvalue weighted by Gasteiger charge is 2.31. The van der Waals surface area contributed by atoms with E-state index in [0.29, 0.717) is 17.6 Å². The second kappa shape index (κ2) is 7.61. The SMILES string of the molecule is CCC1(C)CN(CCCCN(C)C(C)C)C(C)CN1. The Morgan fingerprint density at radius 2 is 2.05 bits per heavy atom. The van der Waals surface area contributed by atoms with Crippen LogP contribution in [-0.2, 0) is 0 Å². The molecule has 0 saturated carbocycles. The molecule has 0 spiro atoms. The Labute approximate surface area is 120 Å². The molecule has 2 unspecified atom stereocenters. The van der Waals surface area contributed by atoms with Crippen LogP contribution in [0.5, 0.6) is 0 Å². The summed E-state index contributed by atoms with van der Waals surface area (Å²) in [7, 11) is 2.23. The van der Waals surface area contributed by atoms with Crippen molar-refractivity contribution in [1.29, 1.82) is 0 Å². The fourth-order valence-corrected chi connectivity index (χ4v) is 2.65. The smallest absolute Gasteiger partial charge is 0.0278 e. The summed E-state index contributed by atoms with van der Waals surface area (Å²) in [5.41, 5.74) is 0.321. The third-order valence-electron chi connectivity index (χ3n) is 4.87. The summed E-state index contributed by atoms with van der Waals surface area (Å²) in [5.74, 6) is 0. The zero-order valence-corrected chi connectivity index (χ0v) is 14.0. The molecule has 3 nitrogen and oxygen atoms in total. The van der Waals surface area contributed by atoms with Crippen molar-refractivity contribution in [3.05, 3.63) is 0 Å². The van der Waals surface area contributed by atoms with E-state index < -0.39 is 0 Å². The summed E-state index contributed by atoms with van der Waals surface area (Å²) in [6.45, 7) is 16.4. The Morgan fingerprint density at radius 3 is 2.63 bits per heavy atom. The molecule has 0 radical (unpaired) electrons. The second-order valence-corrected chi connectivity index (χ2v) is 6.90. The van der Waals surface area contributed by atoms with Crippen LogP contribution in [-0.4, -0.2) is 60.6 Å². The summed E-state index contributed by atoms with van der Waals surface area (Å²) in [5, 5.41) is 3.70. The molecule has 1 N–H and O–H groups in total. The van der Waals surface area contributed by atoms with Gasteiger partial charge in [0.05, 0.1) is 0 Å². The van der Waals surface area contributed by atoms with Crippen molar-refractivity contribution in [2.24, 2.45) is 0 Å². The van der Waals surface area contributed by atoms with Crippen molar-refractivity contribution in [2.75, 3.05) is 33.2 Å². The van der Waals surface area contributed by atoms with Crippen LogP contribution in [0.3, 0.4) is 0 Å². The molecule has 0 amide bonds. The largest absolute Gasteiger partial charge is 0.309 e. The van der Waals surface area contributed by atoms with Gasteiger partial charge in [0.25, 0.3) is 0 Å². The number of piperazine rings is 1. The number of nitrogens with one attached hydrogen (secondary N) is 1. The van der Waals surface area contributed by atoms with Gasteiger partial charge in [-0.2, -0.15) is 0 Å². The normalized spacial score (nSPS) is 29.4. The first-order valence-electron chi connectivity index (χ1n) is 8.07. The third kappa shape index (κ3) is 5.41. The van der Waals surface area contributed by atoms with E-state index >= 15 is 0 Å². The Kier molecular flexibility index (Phi) is 6.78. The third-order valence-corrected chi connectivity index (χ3v) is 4.87. The molecule has 1 rings (SSSR count). The van der Waals surface area contributed by atoms with Gasteiger partial charge in [0, 0.05) is 30.7 Å². The van der Waals surface area contributed by atoms with Gasteiger partial charge in [-0.3, -0.25) is 4.90 Å². The minimum Gasteiger partial charge on any atom is -0.309 e. The Morgan fingerprint density at radius 1 is 1.37 bits per heavy atom. The number of unbranched alkanes of at least 4 members (excludes halogenated alkanes) is 1. The lowest BCUT2D eigenvalue weighted by Gasteiger charge is -2.45. The zero-order valence-electron chi connectivity index (χ0n) is 14.0. The highest BCUT2D eigenvalue weighted by Crippen LogP contribution is 2.19. The highest BCUT2D eigenvalue weighted by molar-refractivity contribution is 4.92. The Hall–Kier alpha value is -0.120. The van der Waals surface area contributed by atoms with Gasteiger partial charge in [-0.25, -0.2) is 0 Å². The van der Waals surface area contributed by atoms with Crippen molar-refractivity contribution in [3.8, 4) is 0 Å². The zero-order chi connectivity index (χ0) is 14.5. The summed E-state index contributed by atoms with van der Waals surface area (Å²) in [6.07, 6.45) is 3.85. The molecular formula is C16H35N3. The summed E-state index contributed by atoms with van der Waals surface area (Å²) < 4.78 is 0. The van der Waals surface area contributed by atoms with Crippen LogP contribution in [0, 0.1) is 0 Å². The predicted molar refractivity (Wildman–Crippen MR) is 84.7 cm³/mol. The fraction of sp³-hybridized carbons (Fsp3) is 1.00. The van der Waals surface area contributed by atoms with Gasteiger partial charge in [0.15, 0.2) is 0 Å². The molecule has 114 valence electrons. The van der Waals surface area contributed by atoms with Gasteiger partial charge in [-0.15, -0.1) is 0 Å². The molecule has 1 aliphatic heterocycles. The molecule has 0 aromatic carbocycles. The first kappa shape index (κ1) is 16.9. The van der Waals surface area contributed by atoms with Crippen LogP contribution in [0.15, 0.2) is 0 Å². The lowest BCUT2D eigenvalue weighted by molar-refractivity contribution is 0.0904. The van der Waals surface area contributed by atoms with Crippen LogP contribution in [0.25, 0.3) is 0 Å². The Bertz CT molecular complexity index is 254. The topological polar surface area (TPSA) is 18.5 Å². The van der Waals surface area contributed by atoms with Crippen molar-refractivity contribution in [1.82, 2.24) is 15.1 Å². The molecule has 0 bridgehead atoms. The van der Waals surface area contributed by atoms with Crippen molar-refractivity contribution in [3.63, 3.8) is 0 Å². The van der Waals surface area contributed by atoms with Crippen LogP contribution in [0.2, 0.25) is 0 Å². The lowest BCUT2D eigenvalue weighted by Crippen LogP contribution is -2.61. The molecule has 1 saturated heterocycles. The molecule has 3 heteroatoms. The van der Waals surface area contributed by atoms with Gasteiger partial charge < -0.3 is 10.2 Å². The van der Waals surface area contributed by atoms with Crippen LogP contribution in [0.1, 0.15) is 53.9 Å². The molecular weight excluding hydrogens is 234 g/mol. The van der Waals surface area contributed by atoms with Gasteiger partial charge in [-0.05, 0) is 67.1 Å². The maximum Gasteiger partial charge on any atom is 0.0278 e. The molecule has 1 heterocycles. The summed E-state index contributed by atoms with van der Waals surface area (Å²) in [6, 6.07) is 1.35. The maximum absolute atomic E-state index is 3.70. The molecule has 19 heavy (non-hydrogen) atoms. The van der Waals surface area contributed by atoms with E-state index in [4.69, 9.17) is 0 Å². The number of hydrogen-bond acceptors (Lipinski definition) is 3. The van der Waals surface area contributed by atoms with Crippen LogP contribution in [0.4, 0.5) is 0 Å². The fourth-order valence-electron chi connectivity index (χ4n) is 2.65. The minimum absolute atomic E-state index is 0.321. The first-order chi connectivity index (χ1) is 8.88. The summed E-state index contributed by atoms with van der Waals surface area (Å²) >= 11 is 0. The van der Waals surface area contributed by atoms with E-state index in [1.807, 2.05) is 0 Å². The average Bonchev–Trinajstić information content (AvgIpc) is 2.38. The summed E-state index contributed by atoms with van der Waals surface area (Å²) in [4.78, 5) is 5.12. The molecule has 0 aliphatic carbocycles. The van der Waals surface area contributed by atoms with E-state index in [0.717, 1.165) is 6.54 Å². The maximum atomic E-state index is 3.70. The van der Waals surface area contributed by atoms with Crippen LogP contribution >= 0.6 is 0 Å². The van der Waals surface area contributed by atoms with E-state index in [9.17, 15) is 0 Å². The van der Waals surface area contributed by atoms with Gasteiger partial charge in [0.2, 0.25) is 0 Å². The Balaban J connectivity index is 2.27. The van der Waals surface area contributed by atoms with E-state index in [-0.39, 0.29) is 0 Å².